The summed E-state index contributed by atoms with van der Waals surface area (Å²) in [4.78, 5) is 0. The van der Waals surface area contributed by atoms with Gasteiger partial charge in [0.2, 0.25) is 0 Å². The first kappa shape index (κ1) is 8.14. The second-order valence-corrected chi connectivity index (χ2v) is 3.69. The van der Waals surface area contributed by atoms with Crippen molar-refractivity contribution in [3.05, 3.63) is 26.3 Å². The highest BCUT2D eigenvalue weighted by molar-refractivity contribution is 14.1. The lowest BCUT2D eigenvalue weighted by Crippen LogP contribution is -1.89. The predicted octanol–water partition coefficient (Wildman–Crippen LogP) is 2.84. The topological polar surface area (TPSA) is 26.0 Å². The van der Waals surface area contributed by atoms with Crippen LogP contribution in [0.15, 0.2) is 12.1 Å². The van der Waals surface area contributed by atoms with Gasteiger partial charge in [0.05, 0.1) is 10.7 Å². The number of halogens is 2. The lowest BCUT2D eigenvalue weighted by atomic mass is 10.2. The second-order valence-electron chi connectivity index (χ2n) is 2.15. The molecule has 0 atom stereocenters. The molecule has 0 radical (unpaired) electrons. The van der Waals surface area contributed by atoms with Crippen molar-refractivity contribution >= 4 is 39.9 Å². The lowest BCUT2D eigenvalue weighted by molar-refractivity contribution is 1.45. The van der Waals surface area contributed by atoms with Crippen LogP contribution in [0.3, 0.4) is 0 Å². The van der Waals surface area contributed by atoms with Gasteiger partial charge in [-0.1, -0.05) is 11.6 Å². The molecule has 3 heteroatoms. The number of rotatable bonds is 0. The Balaban J connectivity index is 3.31. The molecule has 0 saturated carbocycles. The fourth-order valence-corrected chi connectivity index (χ4v) is 1.66. The Kier molecular flexibility index (Phi) is 2.41. The largest absolute Gasteiger partial charge is 0.397 e. The molecule has 54 valence electrons. The van der Waals surface area contributed by atoms with Gasteiger partial charge in [0.1, 0.15) is 0 Å². The van der Waals surface area contributed by atoms with E-state index in [1.54, 1.807) is 0 Å². The summed E-state index contributed by atoms with van der Waals surface area (Å²) in [6, 6.07) is 3.86. The van der Waals surface area contributed by atoms with Crippen LogP contribution in [0, 0.1) is 10.5 Å². The number of nitrogen functional groups attached to an aromatic ring is 1. The van der Waals surface area contributed by atoms with Crippen molar-refractivity contribution < 1.29 is 0 Å². The molecule has 0 bridgehead atoms. The summed E-state index contributed by atoms with van der Waals surface area (Å²) in [5, 5.41) is 0.659. The molecule has 1 nitrogen and oxygen atoms in total. The lowest BCUT2D eigenvalue weighted by Gasteiger charge is -2.01. The molecule has 0 fully saturated rings. The van der Waals surface area contributed by atoms with Crippen molar-refractivity contribution in [1.82, 2.24) is 0 Å². The zero-order valence-corrected chi connectivity index (χ0v) is 8.40. The zero-order valence-electron chi connectivity index (χ0n) is 5.49. The molecular formula is C7H7ClIN. The molecule has 2 N–H and O–H groups in total. The molecular weight excluding hydrogens is 260 g/mol. The summed E-state index contributed by atoms with van der Waals surface area (Å²) in [6.07, 6.45) is 0. The minimum atomic E-state index is 0.658. The monoisotopic (exact) mass is 267 g/mol. The average molecular weight is 267 g/mol. The second kappa shape index (κ2) is 2.96. The Morgan fingerprint density at radius 3 is 2.60 bits per heavy atom. The standard InChI is InChI=1S/C7H7ClIN/c1-4-2-5(9)7(8)6(10)3-4/h2-3H,10H2,1H3. The molecule has 0 saturated heterocycles. The van der Waals surface area contributed by atoms with Crippen LogP contribution in [-0.2, 0) is 0 Å². The van der Waals surface area contributed by atoms with Gasteiger partial charge in [-0.2, -0.15) is 0 Å². The maximum absolute atomic E-state index is 5.82. The van der Waals surface area contributed by atoms with Crippen LogP contribution >= 0.6 is 34.2 Å². The van der Waals surface area contributed by atoms with E-state index in [-0.39, 0.29) is 0 Å². The van der Waals surface area contributed by atoms with Gasteiger partial charge in [-0.05, 0) is 47.2 Å². The zero-order chi connectivity index (χ0) is 7.72. The third-order valence-electron chi connectivity index (χ3n) is 1.20. The molecule has 0 unspecified atom stereocenters. The number of anilines is 1. The Labute approximate surface area is 78.7 Å². The number of benzene rings is 1. The van der Waals surface area contributed by atoms with Crippen molar-refractivity contribution in [2.45, 2.75) is 6.92 Å². The van der Waals surface area contributed by atoms with Crippen LogP contribution < -0.4 is 5.73 Å². The van der Waals surface area contributed by atoms with Crippen LogP contribution in [0.5, 0.6) is 0 Å². The third kappa shape index (κ3) is 1.55. The summed E-state index contributed by atoms with van der Waals surface area (Å²) in [7, 11) is 0. The first-order valence-electron chi connectivity index (χ1n) is 2.82. The Morgan fingerprint density at radius 1 is 1.50 bits per heavy atom. The molecule has 0 amide bonds. The van der Waals surface area contributed by atoms with Crippen molar-refractivity contribution in [1.29, 1.82) is 0 Å². The summed E-state index contributed by atoms with van der Waals surface area (Å²) in [5.74, 6) is 0. The molecule has 1 aromatic rings. The van der Waals surface area contributed by atoms with E-state index >= 15 is 0 Å². The van der Waals surface area contributed by atoms with E-state index in [0.717, 1.165) is 9.13 Å². The highest BCUT2D eigenvalue weighted by Gasteiger charge is 2.00. The van der Waals surface area contributed by atoms with Crippen LogP contribution in [0.4, 0.5) is 5.69 Å². The van der Waals surface area contributed by atoms with Crippen molar-refractivity contribution in [2.24, 2.45) is 0 Å². The molecule has 10 heavy (non-hydrogen) atoms. The Hall–Kier alpha value is 0.0400. The normalized spacial score (nSPS) is 9.90. The first-order chi connectivity index (χ1) is 4.61. The van der Waals surface area contributed by atoms with Crippen molar-refractivity contribution in [3.8, 4) is 0 Å². The van der Waals surface area contributed by atoms with Crippen LogP contribution in [0.2, 0.25) is 5.02 Å². The maximum Gasteiger partial charge on any atom is 0.0768 e. The molecule has 1 rings (SSSR count). The van der Waals surface area contributed by atoms with Gasteiger partial charge in [0, 0.05) is 3.57 Å². The van der Waals surface area contributed by atoms with E-state index in [0.29, 0.717) is 10.7 Å². The van der Waals surface area contributed by atoms with E-state index in [2.05, 4.69) is 22.6 Å². The predicted molar refractivity (Wildman–Crippen MR) is 53.3 cm³/mol. The van der Waals surface area contributed by atoms with Crippen LogP contribution in [0.25, 0.3) is 0 Å². The van der Waals surface area contributed by atoms with Gasteiger partial charge in [0.25, 0.3) is 0 Å². The number of aryl methyl sites for hydroxylation is 1. The SMILES string of the molecule is Cc1cc(N)c(Cl)c(I)c1. The molecule has 0 aromatic heterocycles. The summed E-state index contributed by atoms with van der Waals surface area (Å²) in [6.45, 7) is 1.99. The van der Waals surface area contributed by atoms with E-state index in [9.17, 15) is 0 Å². The Bertz CT molecular complexity index is 237. The summed E-state index contributed by atoms with van der Waals surface area (Å²) >= 11 is 7.98. The highest BCUT2D eigenvalue weighted by Crippen LogP contribution is 2.25. The van der Waals surface area contributed by atoms with E-state index in [4.69, 9.17) is 17.3 Å². The molecule has 0 heterocycles. The number of nitrogens with two attached hydrogens (primary N) is 1. The number of hydrogen-bond acceptors (Lipinski definition) is 1. The minimum absolute atomic E-state index is 0.658. The fraction of sp³-hybridized carbons (Fsp3) is 0.143. The van der Waals surface area contributed by atoms with E-state index < -0.39 is 0 Å². The molecule has 0 aliphatic rings. The molecule has 0 aliphatic heterocycles. The van der Waals surface area contributed by atoms with Gasteiger partial charge < -0.3 is 5.73 Å². The van der Waals surface area contributed by atoms with E-state index in [1.165, 1.54) is 0 Å². The fourth-order valence-electron chi connectivity index (χ4n) is 0.751. The van der Waals surface area contributed by atoms with Crippen molar-refractivity contribution in [3.63, 3.8) is 0 Å². The molecule has 1 aromatic carbocycles. The number of hydrogen-bond donors (Lipinski definition) is 1. The van der Waals surface area contributed by atoms with Crippen LogP contribution in [0.1, 0.15) is 5.56 Å². The van der Waals surface area contributed by atoms with Gasteiger partial charge >= 0.3 is 0 Å². The first-order valence-corrected chi connectivity index (χ1v) is 4.28. The van der Waals surface area contributed by atoms with Crippen LogP contribution in [-0.4, -0.2) is 0 Å². The molecule has 0 spiro atoms. The van der Waals surface area contributed by atoms with E-state index in [1.807, 2.05) is 19.1 Å². The highest BCUT2D eigenvalue weighted by atomic mass is 127. The Morgan fingerprint density at radius 2 is 2.10 bits per heavy atom. The summed E-state index contributed by atoms with van der Waals surface area (Å²) < 4.78 is 1.01. The smallest absolute Gasteiger partial charge is 0.0768 e. The maximum atomic E-state index is 5.82. The van der Waals surface area contributed by atoms with Gasteiger partial charge in [-0.3, -0.25) is 0 Å². The minimum Gasteiger partial charge on any atom is -0.397 e. The van der Waals surface area contributed by atoms with Gasteiger partial charge in [-0.15, -0.1) is 0 Å². The molecule has 0 aliphatic carbocycles. The quantitative estimate of drug-likeness (QED) is 0.568. The summed E-state index contributed by atoms with van der Waals surface area (Å²) in [5.41, 5.74) is 7.39. The van der Waals surface area contributed by atoms with Crippen molar-refractivity contribution in [2.75, 3.05) is 5.73 Å². The van der Waals surface area contributed by atoms with Gasteiger partial charge in [-0.25, -0.2) is 0 Å². The van der Waals surface area contributed by atoms with Gasteiger partial charge in [0.15, 0.2) is 0 Å². The third-order valence-corrected chi connectivity index (χ3v) is 2.79. The average Bonchev–Trinajstić information content (AvgIpc) is 1.82.